The van der Waals surface area contributed by atoms with Crippen LogP contribution in [0, 0.1) is 11.8 Å². The van der Waals surface area contributed by atoms with Crippen molar-refractivity contribution in [1.29, 1.82) is 0 Å². The number of unbranched alkanes of at least 4 members (excludes halogenated alkanes) is 44. The molecular formula is C76H148O17P2. The van der Waals surface area contributed by atoms with Gasteiger partial charge in [-0.2, -0.15) is 0 Å². The first-order valence-corrected chi connectivity index (χ1v) is 42.5. The fourth-order valence-corrected chi connectivity index (χ4v) is 13.2. The van der Waals surface area contributed by atoms with Gasteiger partial charge in [0, 0.05) is 25.7 Å². The lowest BCUT2D eigenvalue weighted by molar-refractivity contribution is -0.161. The first-order chi connectivity index (χ1) is 45.9. The average Bonchev–Trinajstić information content (AvgIpc) is 3.40. The number of aliphatic hydroxyl groups excluding tert-OH is 1. The van der Waals surface area contributed by atoms with Crippen LogP contribution in [0.2, 0.25) is 0 Å². The summed E-state index contributed by atoms with van der Waals surface area (Å²) in [5, 5.41) is 10.6. The lowest BCUT2D eigenvalue weighted by atomic mass is 9.99. The molecule has 3 N–H and O–H groups in total. The van der Waals surface area contributed by atoms with E-state index >= 15 is 0 Å². The number of hydrogen-bond acceptors (Lipinski definition) is 15. The van der Waals surface area contributed by atoms with E-state index in [1.54, 1.807) is 0 Å². The van der Waals surface area contributed by atoms with Crippen molar-refractivity contribution in [3.63, 3.8) is 0 Å². The Balaban J connectivity index is 5.24. The van der Waals surface area contributed by atoms with Crippen molar-refractivity contribution in [2.24, 2.45) is 11.8 Å². The molecule has 0 aromatic carbocycles. The summed E-state index contributed by atoms with van der Waals surface area (Å²) in [5.74, 6) is -0.563. The lowest BCUT2D eigenvalue weighted by Crippen LogP contribution is -2.30. The van der Waals surface area contributed by atoms with Crippen molar-refractivity contribution >= 4 is 39.5 Å². The molecule has 0 saturated carbocycles. The molecule has 0 radical (unpaired) electrons. The van der Waals surface area contributed by atoms with E-state index in [9.17, 15) is 43.2 Å². The van der Waals surface area contributed by atoms with E-state index in [4.69, 9.17) is 37.0 Å². The highest BCUT2D eigenvalue weighted by Crippen LogP contribution is 2.45. The molecule has 0 spiro atoms. The van der Waals surface area contributed by atoms with Crippen molar-refractivity contribution in [1.82, 2.24) is 0 Å². The molecule has 0 saturated heterocycles. The minimum Gasteiger partial charge on any atom is -0.462 e. The average molecular weight is 1400 g/mol. The van der Waals surface area contributed by atoms with E-state index in [0.29, 0.717) is 31.6 Å². The van der Waals surface area contributed by atoms with Crippen LogP contribution >= 0.6 is 15.6 Å². The topological polar surface area (TPSA) is 237 Å². The first kappa shape index (κ1) is 93.1. The highest BCUT2D eigenvalue weighted by molar-refractivity contribution is 7.47. The van der Waals surface area contributed by atoms with Gasteiger partial charge in [-0.15, -0.1) is 0 Å². The quantitative estimate of drug-likeness (QED) is 0.0222. The molecule has 0 heterocycles. The number of ether oxygens (including phenoxy) is 4. The molecule has 3 unspecified atom stereocenters. The summed E-state index contributed by atoms with van der Waals surface area (Å²) in [7, 11) is -9.91. The summed E-state index contributed by atoms with van der Waals surface area (Å²) >= 11 is 0. The molecule has 0 aliphatic carbocycles. The second-order valence-electron chi connectivity index (χ2n) is 28.1. The molecule has 564 valence electrons. The maximum atomic E-state index is 13.1. The van der Waals surface area contributed by atoms with Gasteiger partial charge < -0.3 is 33.8 Å². The van der Waals surface area contributed by atoms with Gasteiger partial charge >= 0.3 is 39.5 Å². The zero-order valence-corrected chi connectivity index (χ0v) is 63.8. The predicted octanol–water partition coefficient (Wildman–Crippen LogP) is 22.3. The summed E-state index contributed by atoms with van der Waals surface area (Å²) in [6.07, 6.45) is 55.4. The predicted molar refractivity (Wildman–Crippen MR) is 386 cm³/mol. The molecule has 0 fully saturated rings. The van der Waals surface area contributed by atoms with E-state index in [1.807, 2.05) is 0 Å². The van der Waals surface area contributed by atoms with Gasteiger partial charge in [0.2, 0.25) is 0 Å². The molecule has 0 aliphatic rings. The van der Waals surface area contributed by atoms with Crippen LogP contribution in [0.1, 0.15) is 395 Å². The second kappa shape index (κ2) is 67.9. The molecule has 0 amide bonds. The Kier molecular flexibility index (Phi) is 66.5. The molecule has 0 aromatic rings. The number of carbonyl (C=O) groups is 4. The van der Waals surface area contributed by atoms with Gasteiger partial charge in [0.05, 0.1) is 26.4 Å². The SMILES string of the molecule is CCCCCCCCCCCCCCCCCC(=O)OC[C@H](COP(=O)(O)OC[C@@H](O)COP(=O)(O)OC[C@@H](COC(=O)CCCCCCCCCC(C)C)OC(=O)CCCCCCCCCCCCCC)OC(=O)CCCCCCCCCCCCCCCCC(C)CC. The largest absolute Gasteiger partial charge is 0.472 e. The third-order valence-electron chi connectivity index (χ3n) is 18.1. The maximum absolute atomic E-state index is 13.1. The number of phosphoric acid groups is 2. The first-order valence-electron chi connectivity index (χ1n) is 39.5. The van der Waals surface area contributed by atoms with Gasteiger partial charge in [-0.05, 0) is 37.5 Å². The van der Waals surface area contributed by atoms with E-state index in [1.165, 1.54) is 205 Å². The number of rotatable bonds is 75. The smallest absolute Gasteiger partial charge is 0.462 e. The van der Waals surface area contributed by atoms with Gasteiger partial charge in [-0.3, -0.25) is 37.3 Å². The van der Waals surface area contributed by atoms with Gasteiger partial charge in [0.25, 0.3) is 0 Å². The zero-order chi connectivity index (χ0) is 70.0. The molecule has 0 rings (SSSR count). The van der Waals surface area contributed by atoms with Crippen molar-refractivity contribution in [2.45, 2.75) is 413 Å². The minimum atomic E-state index is -4.96. The number of hydrogen-bond donors (Lipinski definition) is 3. The standard InChI is InChI=1S/C76H148O17P2/c1-7-10-12-14-16-18-20-22-23-27-31-34-40-46-52-58-73(78)86-64-71(92-76(81)61-55-49-42-36-32-28-25-24-26-29-33-39-45-51-57-69(6)9-3)66-90-94(82,83)88-62-70(77)63-89-95(84,85)91-67-72(65-87-74(79)59-53-47-43-37-38-44-50-56-68(4)5)93-75(80)60-54-48-41-35-30-21-19-17-15-13-11-8-2/h68-72,77H,7-67H2,1-6H3,(H,82,83)(H,84,85)/t69?,70-,71-,72-/m1/s1. The van der Waals surface area contributed by atoms with Gasteiger partial charge in [0.15, 0.2) is 12.2 Å². The van der Waals surface area contributed by atoms with Crippen molar-refractivity contribution in [3.05, 3.63) is 0 Å². The Morgan fingerprint density at radius 3 is 0.800 bits per heavy atom. The second-order valence-corrected chi connectivity index (χ2v) is 31.0. The molecular weight excluding hydrogens is 1250 g/mol. The van der Waals surface area contributed by atoms with Crippen molar-refractivity contribution in [2.75, 3.05) is 39.6 Å². The Hall–Kier alpha value is -1.94. The van der Waals surface area contributed by atoms with Crippen LogP contribution in [-0.4, -0.2) is 96.7 Å². The van der Waals surface area contributed by atoms with Crippen molar-refractivity contribution in [3.8, 4) is 0 Å². The van der Waals surface area contributed by atoms with E-state index in [0.717, 1.165) is 102 Å². The number of carbonyl (C=O) groups excluding carboxylic acids is 4. The molecule has 17 nitrogen and oxygen atoms in total. The summed E-state index contributed by atoms with van der Waals surface area (Å²) < 4.78 is 68.5. The van der Waals surface area contributed by atoms with Crippen LogP contribution < -0.4 is 0 Å². The van der Waals surface area contributed by atoms with Gasteiger partial charge in [0.1, 0.15) is 19.3 Å². The van der Waals surface area contributed by atoms with Crippen molar-refractivity contribution < 1.29 is 80.2 Å². The highest BCUT2D eigenvalue weighted by Gasteiger charge is 2.30. The zero-order valence-electron chi connectivity index (χ0n) is 62.0. The van der Waals surface area contributed by atoms with Crippen LogP contribution in [0.15, 0.2) is 0 Å². The summed E-state index contributed by atoms with van der Waals surface area (Å²) in [5.41, 5.74) is 0. The molecule has 0 bridgehead atoms. The van der Waals surface area contributed by atoms with Gasteiger partial charge in [-0.1, -0.05) is 343 Å². The number of esters is 4. The monoisotopic (exact) mass is 1400 g/mol. The molecule has 0 aliphatic heterocycles. The van der Waals surface area contributed by atoms with E-state index in [2.05, 4.69) is 41.5 Å². The number of aliphatic hydroxyl groups is 1. The Labute approximate surface area is 581 Å². The Bertz CT molecular complexity index is 1840. The molecule has 95 heavy (non-hydrogen) atoms. The van der Waals surface area contributed by atoms with Crippen LogP contribution in [0.4, 0.5) is 0 Å². The molecule has 0 aromatic heterocycles. The lowest BCUT2D eigenvalue weighted by Gasteiger charge is -2.21. The Morgan fingerprint density at radius 1 is 0.305 bits per heavy atom. The van der Waals surface area contributed by atoms with Crippen LogP contribution in [-0.2, 0) is 65.4 Å². The molecule has 6 atom stereocenters. The van der Waals surface area contributed by atoms with Crippen LogP contribution in [0.3, 0.4) is 0 Å². The summed E-state index contributed by atoms with van der Waals surface area (Å²) in [6, 6.07) is 0. The number of phosphoric ester groups is 2. The van der Waals surface area contributed by atoms with Crippen LogP contribution in [0.5, 0.6) is 0 Å². The third kappa shape index (κ3) is 69.0. The fraction of sp³-hybridized carbons (Fsp3) is 0.947. The fourth-order valence-electron chi connectivity index (χ4n) is 11.6. The molecule has 19 heteroatoms. The summed E-state index contributed by atoms with van der Waals surface area (Å²) in [6.45, 7) is 9.60. The minimum absolute atomic E-state index is 0.107. The van der Waals surface area contributed by atoms with E-state index < -0.39 is 97.5 Å². The van der Waals surface area contributed by atoms with E-state index in [-0.39, 0.29) is 25.7 Å². The Morgan fingerprint density at radius 2 is 0.537 bits per heavy atom. The third-order valence-corrected chi connectivity index (χ3v) is 20.0. The van der Waals surface area contributed by atoms with Gasteiger partial charge in [-0.25, -0.2) is 9.13 Å². The van der Waals surface area contributed by atoms with Crippen LogP contribution in [0.25, 0.3) is 0 Å². The summed E-state index contributed by atoms with van der Waals surface area (Å²) in [4.78, 5) is 72.8. The maximum Gasteiger partial charge on any atom is 0.472 e. The highest BCUT2D eigenvalue weighted by atomic mass is 31.2. The normalized spacial score (nSPS) is 14.3.